The zero-order valence-electron chi connectivity index (χ0n) is 14.0. The van der Waals surface area contributed by atoms with Gasteiger partial charge in [0.05, 0.1) is 0 Å². The lowest BCUT2D eigenvalue weighted by molar-refractivity contribution is 0.468. The Morgan fingerprint density at radius 3 is 2.13 bits per heavy atom. The van der Waals surface area contributed by atoms with Crippen molar-refractivity contribution in [3.63, 3.8) is 0 Å². The normalized spacial score (nSPS) is 17.2. The third-order valence-electron chi connectivity index (χ3n) is 5.17. The summed E-state index contributed by atoms with van der Waals surface area (Å²) < 4.78 is 0. The van der Waals surface area contributed by atoms with Gasteiger partial charge >= 0.3 is 0 Å². The SMILES string of the molecule is Oc1ccc(C2CCCCCCCC2)cc1Cc1ccccc1. The van der Waals surface area contributed by atoms with Gasteiger partial charge in [-0.05, 0) is 41.5 Å². The lowest BCUT2D eigenvalue weighted by Gasteiger charge is -2.18. The van der Waals surface area contributed by atoms with Crippen LogP contribution in [0.1, 0.15) is 74.0 Å². The summed E-state index contributed by atoms with van der Waals surface area (Å²) in [7, 11) is 0. The number of rotatable bonds is 3. The molecule has 0 atom stereocenters. The van der Waals surface area contributed by atoms with Crippen LogP contribution in [-0.2, 0) is 6.42 Å². The van der Waals surface area contributed by atoms with Gasteiger partial charge in [0.15, 0.2) is 0 Å². The van der Waals surface area contributed by atoms with Gasteiger partial charge in [-0.1, -0.05) is 81.0 Å². The van der Waals surface area contributed by atoms with Crippen LogP contribution in [0, 0.1) is 0 Å². The zero-order chi connectivity index (χ0) is 15.9. The van der Waals surface area contributed by atoms with Crippen molar-refractivity contribution < 1.29 is 5.11 Å². The molecule has 1 nitrogen and oxygen atoms in total. The Balaban J connectivity index is 1.78. The van der Waals surface area contributed by atoms with Crippen molar-refractivity contribution in [1.29, 1.82) is 0 Å². The molecule has 0 unspecified atom stereocenters. The molecule has 1 N–H and O–H groups in total. The highest BCUT2D eigenvalue weighted by atomic mass is 16.3. The van der Waals surface area contributed by atoms with Crippen LogP contribution in [0.25, 0.3) is 0 Å². The van der Waals surface area contributed by atoms with Gasteiger partial charge in [-0.25, -0.2) is 0 Å². The first kappa shape index (κ1) is 16.1. The van der Waals surface area contributed by atoms with Crippen LogP contribution in [0.3, 0.4) is 0 Å². The van der Waals surface area contributed by atoms with Gasteiger partial charge in [-0.2, -0.15) is 0 Å². The van der Waals surface area contributed by atoms with Crippen LogP contribution in [0.4, 0.5) is 0 Å². The van der Waals surface area contributed by atoms with E-state index in [1.165, 1.54) is 62.5 Å². The molecule has 23 heavy (non-hydrogen) atoms. The molecule has 1 fully saturated rings. The fourth-order valence-electron chi connectivity index (χ4n) is 3.78. The Bertz CT molecular complexity index is 593. The highest BCUT2D eigenvalue weighted by molar-refractivity contribution is 5.40. The first-order valence-corrected chi connectivity index (χ1v) is 9.18. The fourth-order valence-corrected chi connectivity index (χ4v) is 3.78. The van der Waals surface area contributed by atoms with Crippen LogP contribution in [0.15, 0.2) is 48.5 Å². The maximum Gasteiger partial charge on any atom is 0.119 e. The highest BCUT2D eigenvalue weighted by Crippen LogP contribution is 2.33. The van der Waals surface area contributed by atoms with Crippen LogP contribution >= 0.6 is 0 Å². The molecule has 0 heterocycles. The van der Waals surface area contributed by atoms with Gasteiger partial charge in [-0.15, -0.1) is 0 Å². The quantitative estimate of drug-likeness (QED) is 0.715. The van der Waals surface area contributed by atoms with Gasteiger partial charge < -0.3 is 5.11 Å². The minimum atomic E-state index is 0.431. The first-order chi connectivity index (χ1) is 11.3. The van der Waals surface area contributed by atoms with E-state index in [1.54, 1.807) is 0 Å². The van der Waals surface area contributed by atoms with E-state index in [-0.39, 0.29) is 0 Å². The van der Waals surface area contributed by atoms with Crippen LogP contribution in [0.5, 0.6) is 5.75 Å². The molecule has 1 saturated carbocycles. The molecule has 2 aromatic carbocycles. The topological polar surface area (TPSA) is 20.2 Å². The predicted octanol–water partition coefficient (Wildman–Crippen LogP) is 6.20. The smallest absolute Gasteiger partial charge is 0.119 e. The molecule has 3 rings (SSSR count). The molecule has 0 radical (unpaired) electrons. The van der Waals surface area contributed by atoms with E-state index < -0.39 is 0 Å². The molecule has 2 aromatic rings. The number of phenolic OH excluding ortho intramolecular Hbond substituents is 1. The van der Waals surface area contributed by atoms with Crippen LogP contribution in [-0.4, -0.2) is 5.11 Å². The second-order valence-corrected chi connectivity index (χ2v) is 6.95. The van der Waals surface area contributed by atoms with Crippen molar-refractivity contribution in [2.45, 2.75) is 63.7 Å². The summed E-state index contributed by atoms with van der Waals surface area (Å²) in [6, 6.07) is 16.7. The molecular weight excluding hydrogens is 280 g/mol. The van der Waals surface area contributed by atoms with Gasteiger partial charge in [0.25, 0.3) is 0 Å². The molecule has 0 aliphatic heterocycles. The van der Waals surface area contributed by atoms with Crippen LogP contribution in [0.2, 0.25) is 0 Å². The standard InChI is InChI=1S/C22H28O/c23-22-15-14-20(19-12-8-3-1-2-4-9-13-19)17-21(22)16-18-10-6-5-7-11-18/h5-7,10-11,14-15,17,19,23H,1-4,8-9,12-13,16H2. The van der Waals surface area contributed by atoms with Gasteiger partial charge in [0.1, 0.15) is 5.75 Å². The Morgan fingerprint density at radius 2 is 1.43 bits per heavy atom. The van der Waals surface area contributed by atoms with Crippen molar-refractivity contribution in [3.05, 3.63) is 65.2 Å². The van der Waals surface area contributed by atoms with Gasteiger partial charge in [0.2, 0.25) is 0 Å². The van der Waals surface area contributed by atoms with E-state index in [2.05, 4.69) is 36.4 Å². The van der Waals surface area contributed by atoms with E-state index in [0.29, 0.717) is 11.7 Å². The molecule has 0 saturated heterocycles. The molecule has 122 valence electrons. The summed E-state index contributed by atoms with van der Waals surface area (Å²) in [4.78, 5) is 0. The molecule has 0 spiro atoms. The fraction of sp³-hybridized carbons (Fsp3) is 0.455. The number of phenols is 1. The Hall–Kier alpha value is -1.76. The summed E-state index contributed by atoms with van der Waals surface area (Å²) in [5.74, 6) is 1.10. The zero-order valence-corrected chi connectivity index (χ0v) is 14.0. The predicted molar refractivity (Wildman–Crippen MR) is 97.0 cm³/mol. The van der Waals surface area contributed by atoms with Crippen molar-refractivity contribution >= 4 is 0 Å². The number of hydrogen-bond acceptors (Lipinski definition) is 1. The maximum atomic E-state index is 10.2. The molecular formula is C22H28O. The molecule has 1 aliphatic carbocycles. The number of benzene rings is 2. The third-order valence-corrected chi connectivity index (χ3v) is 5.17. The highest BCUT2D eigenvalue weighted by Gasteiger charge is 2.15. The van der Waals surface area contributed by atoms with Crippen LogP contribution < -0.4 is 0 Å². The first-order valence-electron chi connectivity index (χ1n) is 9.18. The minimum absolute atomic E-state index is 0.431. The van der Waals surface area contributed by atoms with Crippen molar-refractivity contribution in [2.24, 2.45) is 0 Å². The van der Waals surface area contributed by atoms with Crippen molar-refractivity contribution in [1.82, 2.24) is 0 Å². The maximum absolute atomic E-state index is 10.2. The van der Waals surface area contributed by atoms with E-state index in [9.17, 15) is 5.11 Å². The van der Waals surface area contributed by atoms with Crippen molar-refractivity contribution in [2.75, 3.05) is 0 Å². The largest absolute Gasteiger partial charge is 0.508 e. The summed E-state index contributed by atoms with van der Waals surface area (Å²) in [6.07, 6.45) is 11.7. The summed E-state index contributed by atoms with van der Waals surface area (Å²) in [6.45, 7) is 0. The minimum Gasteiger partial charge on any atom is -0.508 e. The van der Waals surface area contributed by atoms with E-state index in [1.807, 2.05) is 12.1 Å². The number of aromatic hydroxyl groups is 1. The lowest BCUT2D eigenvalue weighted by atomic mass is 9.88. The second kappa shape index (κ2) is 8.19. The Kier molecular flexibility index (Phi) is 5.74. The van der Waals surface area contributed by atoms with E-state index in [4.69, 9.17) is 0 Å². The number of hydrogen-bond donors (Lipinski definition) is 1. The third kappa shape index (κ3) is 4.60. The average Bonchev–Trinajstić information content (AvgIpc) is 2.72. The van der Waals surface area contributed by atoms with Gasteiger partial charge in [0, 0.05) is 6.42 Å². The summed E-state index contributed by atoms with van der Waals surface area (Å²) in [5, 5.41) is 10.2. The summed E-state index contributed by atoms with van der Waals surface area (Å²) >= 11 is 0. The molecule has 1 aliphatic rings. The summed E-state index contributed by atoms with van der Waals surface area (Å²) in [5.41, 5.74) is 3.75. The molecule has 0 bridgehead atoms. The Labute approximate surface area is 140 Å². The Morgan fingerprint density at radius 1 is 0.783 bits per heavy atom. The molecule has 0 aromatic heterocycles. The van der Waals surface area contributed by atoms with E-state index in [0.717, 1.165) is 12.0 Å². The monoisotopic (exact) mass is 308 g/mol. The second-order valence-electron chi connectivity index (χ2n) is 6.95. The van der Waals surface area contributed by atoms with Crippen molar-refractivity contribution in [3.8, 4) is 5.75 Å². The van der Waals surface area contributed by atoms with E-state index >= 15 is 0 Å². The molecule has 0 amide bonds. The lowest BCUT2D eigenvalue weighted by Crippen LogP contribution is -2.00. The average molecular weight is 308 g/mol. The molecule has 1 heteroatoms. The van der Waals surface area contributed by atoms with Gasteiger partial charge in [-0.3, -0.25) is 0 Å².